The van der Waals surface area contributed by atoms with E-state index in [-0.39, 0.29) is 51.4 Å². The van der Waals surface area contributed by atoms with Crippen molar-refractivity contribution in [1.82, 2.24) is 24.6 Å². The highest BCUT2D eigenvalue weighted by molar-refractivity contribution is 6.34. The van der Waals surface area contributed by atoms with Gasteiger partial charge in [0.25, 0.3) is 0 Å². The molecule has 0 aliphatic heterocycles. The van der Waals surface area contributed by atoms with E-state index in [1.54, 1.807) is 37.3 Å². The second kappa shape index (κ2) is 8.79. The third-order valence-corrected chi connectivity index (χ3v) is 5.81. The monoisotopic (exact) mass is 486 g/mol. The van der Waals surface area contributed by atoms with Gasteiger partial charge in [0.1, 0.15) is 22.5 Å². The molecule has 1 atom stereocenters. The summed E-state index contributed by atoms with van der Waals surface area (Å²) in [7, 11) is 0. The fourth-order valence-corrected chi connectivity index (χ4v) is 3.94. The second-order valence-corrected chi connectivity index (χ2v) is 7.99. The third kappa shape index (κ3) is 4.32. The molecule has 0 bridgehead atoms. The molecule has 4 rings (SSSR count). The summed E-state index contributed by atoms with van der Waals surface area (Å²) in [5.41, 5.74) is 12.5. The van der Waals surface area contributed by atoms with E-state index >= 15 is 0 Å². The maximum absolute atomic E-state index is 14.4. The zero-order chi connectivity index (χ0) is 24.6. The van der Waals surface area contributed by atoms with Crippen molar-refractivity contribution in [2.24, 2.45) is 0 Å². The number of nitrogens with zero attached hydrogens (tertiary/aromatic N) is 6. The van der Waals surface area contributed by atoms with Gasteiger partial charge in [-0.25, -0.2) is 14.5 Å². The van der Waals surface area contributed by atoms with Gasteiger partial charge >= 0.3 is 6.18 Å². The summed E-state index contributed by atoms with van der Waals surface area (Å²) < 4.78 is 44.4. The van der Waals surface area contributed by atoms with Crippen LogP contribution in [0.3, 0.4) is 0 Å². The maximum atomic E-state index is 14.4. The summed E-state index contributed by atoms with van der Waals surface area (Å²) in [5, 5.41) is 13.8. The van der Waals surface area contributed by atoms with Crippen LogP contribution in [0, 0.1) is 18.3 Å². The molecule has 174 valence electrons. The molecule has 0 saturated heterocycles. The Balaban J connectivity index is 1.86. The van der Waals surface area contributed by atoms with E-state index in [4.69, 9.17) is 23.1 Å². The van der Waals surface area contributed by atoms with E-state index < -0.39 is 18.5 Å². The van der Waals surface area contributed by atoms with Crippen LogP contribution in [0.2, 0.25) is 5.02 Å². The lowest BCUT2D eigenvalue weighted by molar-refractivity contribution is -0.151. The Morgan fingerprint density at radius 1 is 1.15 bits per heavy atom. The molecule has 0 aliphatic carbocycles. The number of nitrogen functional groups attached to an aromatic ring is 2. The van der Waals surface area contributed by atoms with Crippen LogP contribution in [0.15, 0.2) is 36.5 Å². The first-order chi connectivity index (χ1) is 16.1. The molecule has 0 spiro atoms. The Morgan fingerprint density at radius 2 is 1.85 bits per heavy atom. The standard InChI is InChI=1S/C22H18ClF3N8/c1-11-17(23)20-31-18(12-5-3-2-4-6-12)14(10-34(20)33-11)15(22(24,25)26)7-8-16-13(9-27)19(28)32-21(29)30-16/h2-6,10,15H,7-8H2,1H3,(H4,28,29,30,32)/t15-/m1/s1. The SMILES string of the molecule is Cc1nn2cc([C@@H](CCc3nc(N)nc(N)c3C#N)C(F)(F)F)c(-c3ccccc3)nc2c1Cl. The number of fused-ring (bicyclic) bond motifs is 1. The topological polar surface area (TPSA) is 132 Å². The Morgan fingerprint density at radius 3 is 2.50 bits per heavy atom. The summed E-state index contributed by atoms with van der Waals surface area (Å²) in [5.74, 6) is -2.35. The molecule has 3 heterocycles. The molecule has 0 radical (unpaired) electrons. The van der Waals surface area contributed by atoms with Crippen LogP contribution >= 0.6 is 11.6 Å². The molecular formula is C22H18ClF3N8. The molecule has 4 aromatic rings. The zero-order valence-corrected chi connectivity index (χ0v) is 18.6. The fraction of sp³-hybridized carbons (Fsp3) is 0.227. The first-order valence-corrected chi connectivity index (χ1v) is 10.5. The van der Waals surface area contributed by atoms with E-state index in [0.717, 1.165) is 0 Å². The van der Waals surface area contributed by atoms with Crippen LogP contribution in [0.25, 0.3) is 16.9 Å². The van der Waals surface area contributed by atoms with E-state index in [1.165, 1.54) is 10.7 Å². The first-order valence-electron chi connectivity index (χ1n) is 10.1. The van der Waals surface area contributed by atoms with Gasteiger partial charge < -0.3 is 11.5 Å². The summed E-state index contributed by atoms with van der Waals surface area (Å²) in [6.45, 7) is 1.65. The quantitative estimate of drug-likeness (QED) is 0.425. The predicted molar refractivity (Wildman–Crippen MR) is 121 cm³/mol. The molecular weight excluding hydrogens is 469 g/mol. The summed E-state index contributed by atoms with van der Waals surface area (Å²) >= 11 is 6.29. The average Bonchev–Trinajstić information content (AvgIpc) is 3.05. The Kier molecular flexibility index (Phi) is 6.01. The molecule has 3 aromatic heterocycles. The normalized spacial score (nSPS) is 12.6. The lowest BCUT2D eigenvalue weighted by atomic mass is 9.90. The first kappa shape index (κ1) is 23.3. The molecule has 8 nitrogen and oxygen atoms in total. The highest BCUT2D eigenvalue weighted by atomic mass is 35.5. The zero-order valence-electron chi connectivity index (χ0n) is 17.8. The highest BCUT2D eigenvalue weighted by Crippen LogP contribution is 2.42. The summed E-state index contributed by atoms with van der Waals surface area (Å²) in [6, 6.07) is 10.4. The summed E-state index contributed by atoms with van der Waals surface area (Å²) in [6.07, 6.45) is -3.98. The molecule has 0 saturated carbocycles. The highest BCUT2D eigenvalue weighted by Gasteiger charge is 2.42. The van der Waals surface area contributed by atoms with E-state index in [1.807, 2.05) is 6.07 Å². The molecule has 0 amide bonds. The molecule has 0 unspecified atom stereocenters. The number of aromatic nitrogens is 5. The number of hydrogen-bond donors (Lipinski definition) is 2. The van der Waals surface area contributed by atoms with Gasteiger partial charge in [-0.05, 0) is 19.8 Å². The molecule has 12 heteroatoms. The Bertz CT molecular complexity index is 1410. The third-order valence-electron chi connectivity index (χ3n) is 5.37. The van der Waals surface area contributed by atoms with Crippen LogP contribution in [0.4, 0.5) is 24.9 Å². The minimum Gasteiger partial charge on any atom is -0.382 e. The van der Waals surface area contributed by atoms with Gasteiger partial charge in [0.2, 0.25) is 5.95 Å². The average molecular weight is 487 g/mol. The van der Waals surface area contributed by atoms with Crippen molar-refractivity contribution in [3.05, 3.63) is 64.1 Å². The van der Waals surface area contributed by atoms with Gasteiger partial charge in [0, 0.05) is 17.3 Å². The second-order valence-electron chi connectivity index (χ2n) is 7.61. The van der Waals surface area contributed by atoms with Crippen LogP contribution in [0.5, 0.6) is 0 Å². The number of anilines is 2. The van der Waals surface area contributed by atoms with Crippen LogP contribution < -0.4 is 11.5 Å². The van der Waals surface area contributed by atoms with E-state index in [0.29, 0.717) is 11.3 Å². The number of halogens is 4. The predicted octanol–water partition coefficient (Wildman–Crippen LogP) is 4.46. The van der Waals surface area contributed by atoms with Crippen LogP contribution in [0.1, 0.15) is 34.9 Å². The van der Waals surface area contributed by atoms with Crippen molar-refractivity contribution >= 4 is 29.0 Å². The lowest BCUT2D eigenvalue weighted by Gasteiger charge is -2.23. The minimum absolute atomic E-state index is 0.0510. The smallest absolute Gasteiger partial charge is 0.382 e. The number of nitriles is 1. The van der Waals surface area contributed by atoms with Crippen molar-refractivity contribution in [3.8, 4) is 17.3 Å². The number of hydrogen-bond acceptors (Lipinski definition) is 7. The van der Waals surface area contributed by atoms with E-state index in [9.17, 15) is 18.4 Å². The lowest BCUT2D eigenvalue weighted by Crippen LogP contribution is -2.23. The molecule has 4 N–H and O–H groups in total. The Hall–Kier alpha value is -3.91. The van der Waals surface area contributed by atoms with Gasteiger partial charge in [-0.3, -0.25) is 0 Å². The minimum atomic E-state index is -4.64. The van der Waals surface area contributed by atoms with Gasteiger partial charge in [-0.15, -0.1) is 0 Å². The van der Waals surface area contributed by atoms with Crippen LogP contribution in [-0.2, 0) is 6.42 Å². The number of aryl methyl sites for hydroxylation is 2. The van der Waals surface area contributed by atoms with Gasteiger partial charge in [-0.1, -0.05) is 41.9 Å². The van der Waals surface area contributed by atoms with Crippen molar-refractivity contribution in [3.63, 3.8) is 0 Å². The number of nitrogens with two attached hydrogens (primary N) is 2. The molecule has 0 fully saturated rings. The number of alkyl halides is 3. The van der Waals surface area contributed by atoms with Crippen LogP contribution in [-0.4, -0.2) is 30.7 Å². The van der Waals surface area contributed by atoms with Crippen molar-refractivity contribution in [2.45, 2.75) is 31.9 Å². The van der Waals surface area contributed by atoms with Gasteiger partial charge in [0.05, 0.1) is 23.0 Å². The maximum Gasteiger partial charge on any atom is 0.395 e. The van der Waals surface area contributed by atoms with Crippen molar-refractivity contribution < 1.29 is 13.2 Å². The van der Waals surface area contributed by atoms with E-state index in [2.05, 4.69) is 20.1 Å². The number of benzene rings is 1. The van der Waals surface area contributed by atoms with Gasteiger partial charge in [0.15, 0.2) is 5.65 Å². The van der Waals surface area contributed by atoms with Crippen molar-refractivity contribution in [1.29, 1.82) is 5.26 Å². The molecule has 34 heavy (non-hydrogen) atoms. The van der Waals surface area contributed by atoms with Crippen molar-refractivity contribution in [2.75, 3.05) is 11.5 Å². The molecule has 1 aromatic carbocycles. The fourth-order valence-electron chi connectivity index (χ4n) is 3.78. The Labute approximate surface area is 197 Å². The largest absolute Gasteiger partial charge is 0.395 e. The molecule has 0 aliphatic rings. The summed E-state index contributed by atoms with van der Waals surface area (Å²) in [4.78, 5) is 12.1. The van der Waals surface area contributed by atoms with Gasteiger partial charge in [-0.2, -0.15) is 28.5 Å². The number of rotatable bonds is 5.